The molecule has 1 aliphatic rings. The first-order chi connectivity index (χ1) is 17.4. The van der Waals surface area contributed by atoms with Crippen LogP contribution < -0.4 is 5.32 Å². The number of benzene rings is 3. The SMILES string of the molecule is CCc1ccc(-c2noc(C3=C(C)N(Cc4ccccc4)C(=O)NC3c3ccc(C)c(C)c3)n2)cc1. The van der Waals surface area contributed by atoms with Crippen molar-refractivity contribution in [2.24, 2.45) is 0 Å². The summed E-state index contributed by atoms with van der Waals surface area (Å²) in [4.78, 5) is 19.8. The Morgan fingerprint density at radius 1 is 0.917 bits per heavy atom. The van der Waals surface area contributed by atoms with Crippen LogP contribution in [0, 0.1) is 13.8 Å². The molecule has 4 aromatic rings. The Balaban J connectivity index is 1.59. The van der Waals surface area contributed by atoms with E-state index in [1.165, 1.54) is 11.1 Å². The number of hydrogen-bond acceptors (Lipinski definition) is 4. The minimum atomic E-state index is -0.403. The molecular weight excluding hydrogens is 448 g/mol. The zero-order chi connectivity index (χ0) is 25.2. The number of allylic oxidation sites excluding steroid dienone is 1. The van der Waals surface area contributed by atoms with Crippen LogP contribution >= 0.6 is 0 Å². The van der Waals surface area contributed by atoms with Gasteiger partial charge >= 0.3 is 6.03 Å². The first kappa shape index (κ1) is 23.5. The fourth-order valence-electron chi connectivity index (χ4n) is 4.55. The lowest BCUT2D eigenvalue weighted by Crippen LogP contribution is -2.45. The largest absolute Gasteiger partial charge is 0.334 e. The Kier molecular flexibility index (Phi) is 6.42. The quantitative estimate of drug-likeness (QED) is 0.338. The highest BCUT2D eigenvalue weighted by molar-refractivity contribution is 5.87. The van der Waals surface area contributed by atoms with Gasteiger partial charge < -0.3 is 9.84 Å². The van der Waals surface area contributed by atoms with Crippen LogP contribution in [0.15, 0.2) is 83.0 Å². The van der Waals surface area contributed by atoms with Gasteiger partial charge in [-0.05, 0) is 55.0 Å². The van der Waals surface area contributed by atoms with Crippen LogP contribution in [0.1, 0.15) is 53.6 Å². The zero-order valence-corrected chi connectivity index (χ0v) is 21.1. The van der Waals surface area contributed by atoms with Gasteiger partial charge in [-0.1, -0.05) is 84.9 Å². The molecular formula is C30H30N4O2. The van der Waals surface area contributed by atoms with Gasteiger partial charge in [-0.25, -0.2) is 4.79 Å². The van der Waals surface area contributed by atoms with Crippen molar-refractivity contribution in [3.05, 3.63) is 112 Å². The molecule has 0 saturated heterocycles. The average Bonchev–Trinajstić information content (AvgIpc) is 3.38. The highest BCUT2D eigenvalue weighted by Crippen LogP contribution is 2.38. The van der Waals surface area contributed by atoms with E-state index in [0.717, 1.165) is 39.9 Å². The van der Waals surface area contributed by atoms with Crippen molar-refractivity contribution < 1.29 is 9.32 Å². The molecule has 2 heterocycles. The van der Waals surface area contributed by atoms with Crippen LogP contribution in [0.5, 0.6) is 0 Å². The second-order valence-corrected chi connectivity index (χ2v) is 9.27. The summed E-state index contributed by atoms with van der Waals surface area (Å²) in [5.74, 6) is 0.932. The maximum absolute atomic E-state index is 13.3. The molecule has 3 aromatic carbocycles. The number of aromatic nitrogens is 2. The van der Waals surface area contributed by atoms with Gasteiger partial charge in [0, 0.05) is 11.3 Å². The molecule has 0 radical (unpaired) electrons. The maximum Gasteiger partial charge on any atom is 0.322 e. The van der Waals surface area contributed by atoms with Crippen LogP contribution in [0.2, 0.25) is 0 Å². The smallest absolute Gasteiger partial charge is 0.322 e. The summed E-state index contributed by atoms with van der Waals surface area (Å²) >= 11 is 0. The Hall–Kier alpha value is -4.19. The third kappa shape index (κ3) is 4.54. The van der Waals surface area contributed by atoms with Crippen molar-refractivity contribution in [2.45, 2.75) is 46.7 Å². The third-order valence-electron chi connectivity index (χ3n) is 6.92. The molecule has 0 aliphatic carbocycles. The fraction of sp³-hybridized carbons (Fsp3) is 0.233. The fourth-order valence-corrected chi connectivity index (χ4v) is 4.55. The van der Waals surface area contributed by atoms with Gasteiger partial charge in [-0.15, -0.1) is 0 Å². The zero-order valence-electron chi connectivity index (χ0n) is 21.1. The molecule has 0 fully saturated rings. The van der Waals surface area contributed by atoms with Gasteiger partial charge in [0.25, 0.3) is 5.89 Å². The first-order valence-electron chi connectivity index (χ1n) is 12.3. The predicted molar refractivity (Wildman–Crippen MR) is 141 cm³/mol. The van der Waals surface area contributed by atoms with E-state index in [-0.39, 0.29) is 6.03 Å². The summed E-state index contributed by atoms with van der Waals surface area (Å²) in [6.45, 7) is 8.68. The van der Waals surface area contributed by atoms with E-state index in [2.05, 4.69) is 55.5 Å². The van der Waals surface area contributed by atoms with Gasteiger partial charge in [-0.3, -0.25) is 4.90 Å². The second-order valence-electron chi connectivity index (χ2n) is 9.27. The van der Waals surface area contributed by atoms with Crippen LogP contribution in [0.3, 0.4) is 0 Å². The van der Waals surface area contributed by atoms with Crippen molar-refractivity contribution in [3.63, 3.8) is 0 Å². The lowest BCUT2D eigenvalue weighted by molar-refractivity contribution is 0.203. The van der Waals surface area contributed by atoms with Crippen LogP contribution in [0.25, 0.3) is 17.0 Å². The summed E-state index contributed by atoms with van der Waals surface area (Å²) in [5.41, 5.74) is 8.12. The van der Waals surface area contributed by atoms with Crippen LogP contribution in [-0.2, 0) is 13.0 Å². The maximum atomic E-state index is 13.3. The number of nitrogens with one attached hydrogen (secondary N) is 1. The van der Waals surface area contributed by atoms with E-state index < -0.39 is 6.04 Å². The van der Waals surface area contributed by atoms with Crippen molar-refractivity contribution in [2.75, 3.05) is 0 Å². The minimum Gasteiger partial charge on any atom is -0.334 e. The number of amides is 2. The Bertz CT molecular complexity index is 1420. The summed E-state index contributed by atoms with van der Waals surface area (Å²) in [5, 5.41) is 7.48. The number of rotatable bonds is 6. The summed E-state index contributed by atoms with van der Waals surface area (Å²) < 4.78 is 5.83. The third-order valence-corrected chi connectivity index (χ3v) is 6.92. The topological polar surface area (TPSA) is 71.3 Å². The van der Waals surface area contributed by atoms with Gasteiger partial charge in [-0.2, -0.15) is 4.98 Å². The van der Waals surface area contributed by atoms with Crippen molar-refractivity contribution in [3.8, 4) is 11.4 Å². The molecule has 1 unspecified atom stereocenters. The number of carbonyl (C=O) groups excluding carboxylic acids is 1. The van der Waals surface area contributed by atoms with Gasteiger partial charge in [0.15, 0.2) is 0 Å². The highest BCUT2D eigenvalue weighted by atomic mass is 16.5. The van der Waals surface area contributed by atoms with Gasteiger partial charge in [0.1, 0.15) is 0 Å². The predicted octanol–water partition coefficient (Wildman–Crippen LogP) is 6.61. The molecule has 2 amide bonds. The minimum absolute atomic E-state index is 0.154. The van der Waals surface area contributed by atoms with Crippen LogP contribution in [0.4, 0.5) is 4.79 Å². The van der Waals surface area contributed by atoms with Gasteiger partial charge in [0.2, 0.25) is 5.82 Å². The molecule has 0 bridgehead atoms. The molecule has 1 N–H and O–H groups in total. The van der Waals surface area contributed by atoms with Crippen LogP contribution in [-0.4, -0.2) is 21.1 Å². The second kappa shape index (κ2) is 9.82. The number of aryl methyl sites for hydroxylation is 3. The van der Waals surface area contributed by atoms with Crippen molar-refractivity contribution >= 4 is 11.6 Å². The van der Waals surface area contributed by atoms with Crippen molar-refractivity contribution in [1.29, 1.82) is 0 Å². The lowest BCUT2D eigenvalue weighted by atomic mass is 9.92. The first-order valence-corrected chi connectivity index (χ1v) is 12.3. The van der Waals surface area contributed by atoms with Crippen molar-refractivity contribution in [1.82, 2.24) is 20.4 Å². The lowest BCUT2D eigenvalue weighted by Gasteiger charge is -2.35. The molecule has 5 rings (SSSR count). The molecule has 6 nitrogen and oxygen atoms in total. The summed E-state index contributed by atoms with van der Waals surface area (Å²) in [6, 6.07) is 23.8. The monoisotopic (exact) mass is 478 g/mol. The normalized spacial score (nSPS) is 15.8. The summed E-state index contributed by atoms with van der Waals surface area (Å²) in [6.07, 6.45) is 0.971. The molecule has 1 aliphatic heterocycles. The molecule has 1 aromatic heterocycles. The average molecular weight is 479 g/mol. The molecule has 182 valence electrons. The van der Waals surface area contributed by atoms with E-state index in [4.69, 9.17) is 9.51 Å². The highest BCUT2D eigenvalue weighted by Gasteiger charge is 2.36. The number of hydrogen-bond donors (Lipinski definition) is 1. The number of nitrogens with zero attached hydrogens (tertiary/aromatic N) is 3. The standard InChI is InChI=1S/C30H30N4O2/c1-5-22-12-15-24(16-13-22)28-32-29(36-33-28)26-21(4)34(18-23-9-7-6-8-10-23)30(35)31-27(26)25-14-11-19(2)20(3)17-25/h6-17,27H,5,18H2,1-4H3,(H,31,35). The summed E-state index contributed by atoms with van der Waals surface area (Å²) in [7, 11) is 0. The Morgan fingerprint density at radius 3 is 2.36 bits per heavy atom. The number of urea groups is 1. The molecule has 0 spiro atoms. The Morgan fingerprint density at radius 2 is 1.67 bits per heavy atom. The van der Waals surface area contributed by atoms with Gasteiger partial charge in [0.05, 0.1) is 18.2 Å². The Labute approximate surface area is 211 Å². The molecule has 1 atom stereocenters. The van der Waals surface area contributed by atoms with E-state index in [1.807, 2.05) is 55.5 Å². The van der Waals surface area contributed by atoms with E-state index in [1.54, 1.807) is 4.90 Å². The molecule has 36 heavy (non-hydrogen) atoms. The van der Waals surface area contributed by atoms with E-state index >= 15 is 0 Å². The van der Waals surface area contributed by atoms with E-state index in [0.29, 0.717) is 18.3 Å². The number of carbonyl (C=O) groups is 1. The molecule has 0 saturated carbocycles. The molecule has 6 heteroatoms. The van der Waals surface area contributed by atoms with E-state index in [9.17, 15) is 4.79 Å².